The maximum absolute atomic E-state index is 3.83. The molecule has 0 aromatic heterocycles. The Morgan fingerprint density at radius 2 is 2.05 bits per heavy atom. The zero-order valence-corrected chi connectivity index (χ0v) is 13.5. The number of hydrogen-bond donors (Lipinski definition) is 1. The molecule has 1 heterocycles. The average Bonchev–Trinajstić information content (AvgIpc) is 3.23. The molecule has 3 unspecified atom stereocenters. The summed E-state index contributed by atoms with van der Waals surface area (Å²) < 4.78 is 0. The number of rotatable bonds is 7. The van der Waals surface area contributed by atoms with Crippen molar-refractivity contribution in [2.24, 2.45) is 11.8 Å². The first-order valence-corrected chi connectivity index (χ1v) is 8.58. The second kappa shape index (κ2) is 6.58. The molecule has 19 heavy (non-hydrogen) atoms. The first kappa shape index (κ1) is 15.3. The topological polar surface area (TPSA) is 15.3 Å². The number of nitrogens with zero attached hydrogens (tertiary/aromatic N) is 1. The van der Waals surface area contributed by atoms with Gasteiger partial charge in [0, 0.05) is 31.2 Å². The van der Waals surface area contributed by atoms with Gasteiger partial charge in [-0.05, 0) is 44.9 Å². The van der Waals surface area contributed by atoms with Crippen molar-refractivity contribution in [3.8, 4) is 0 Å². The van der Waals surface area contributed by atoms with Crippen molar-refractivity contribution in [3.63, 3.8) is 0 Å². The highest BCUT2D eigenvalue weighted by molar-refractivity contribution is 5.03. The molecule has 1 N–H and O–H groups in total. The average molecular weight is 266 g/mol. The van der Waals surface area contributed by atoms with E-state index >= 15 is 0 Å². The summed E-state index contributed by atoms with van der Waals surface area (Å²) >= 11 is 0. The molecule has 112 valence electrons. The molecule has 0 aromatic carbocycles. The zero-order valence-electron chi connectivity index (χ0n) is 13.5. The van der Waals surface area contributed by atoms with E-state index in [1.165, 1.54) is 58.2 Å². The normalized spacial score (nSPS) is 34.4. The van der Waals surface area contributed by atoms with Crippen LogP contribution >= 0.6 is 0 Å². The lowest BCUT2D eigenvalue weighted by atomic mass is 9.89. The van der Waals surface area contributed by atoms with Gasteiger partial charge in [-0.1, -0.05) is 33.1 Å². The van der Waals surface area contributed by atoms with Crippen LogP contribution in [-0.4, -0.2) is 36.1 Å². The van der Waals surface area contributed by atoms with Crippen molar-refractivity contribution in [3.05, 3.63) is 0 Å². The fourth-order valence-electron chi connectivity index (χ4n) is 3.63. The van der Waals surface area contributed by atoms with Gasteiger partial charge in [-0.2, -0.15) is 0 Å². The molecule has 1 aliphatic carbocycles. The van der Waals surface area contributed by atoms with E-state index in [9.17, 15) is 0 Å². The molecule has 2 aliphatic rings. The van der Waals surface area contributed by atoms with E-state index < -0.39 is 0 Å². The van der Waals surface area contributed by atoms with E-state index in [0.29, 0.717) is 11.6 Å². The molecular formula is C17H34N2. The van der Waals surface area contributed by atoms with Crippen LogP contribution in [0.3, 0.4) is 0 Å². The summed E-state index contributed by atoms with van der Waals surface area (Å²) in [7, 11) is 0. The molecule has 1 saturated heterocycles. The fourth-order valence-corrected chi connectivity index (χ4v) is 3.63. The molecule has 1 saturated carbocycles. The molecule has 2 fully saturated rings. The fraction of sp³-hybridized carbons (Fsp3) is 1.00. The van der Waals surface area contributed by atoms with Crippen LogP contribution in [0.1, 0.15) is 66.2 Å². The van der Waals surface area contributed by atoms with E-state index in [2.05, 4.69) is 37.9 Å². The molecule has 0 bridgehead atoms. The summed E-state index contributed by atoms with van der Waals surface area (Å²) in [6, 6.07) is 0.711. The highest BCUT2D eigenvalue weighted by Gasteiger charge is 2.45. The minimum atomic E-state index is 0.398. The Morgan fingerprint density at radius 1 is 1.32 bits per heavy atom. The summed E-state index contributed by atoms with van der Waals surface area (Å²) in [6.45, 7) is 13.3. The summed E-state index contributed by atoms with van der Waals surface area (Å²) in [5.74, 6) is 1.85. The van der Waals surface area contributed by atoms with Crippen molar-refractivity contribution in [1.82, 2.24) is 10.2 Å². The lowest BCUT2D eigenvalue weighted by Crippen LogP contribution is -2.63. The van der Waals surface area contributed by atoms with E-state index in [1.807, 2.05) is 0 Å². The van der Waals surface area contributed by atoms with Gasteiger partial charge in [-0.3, -0.25) is 4.90 Å². The molecule has 3 atom stereocenters. The predicted octanol–water partition coefficient (Wildman–Crippen LogP) is 3.67. The second-order valence-corrected chi connectivity index (χ2v) is 7.27. The standard InChI is InChI=1S/C17H34N2/c1-5-7-8-15(6-2)12-19-13-17(4,16-9-10-16)18-11-14(19)3/h14-16,18H,5-13H2,1-4H3. The number of nitrogens with one attached hydrogen (secondary N) is 1. The highest BCUT2D eigenvalue weighted by atomic mass is 15.3. The monoisotopic (exact) mass is 266 g/mol. The first-order chi connectivity index (χ1) is 9.09. The van der Waals surface area contributed by atoms with Gasteiger partial charge >= 0.3 is 0 Å². The maximum Gasteiger partial charge on any atom is 0.0309 e. The lowest BCUT2D eigenvalue weighted by molar-refractivity contribution is 0.0668. The van der Waals surface area contributed by atoms with Crippen LogP contribution in [0.5, 0.6) is 0 Å². The van der Waals surface area contributed by atoms with E-state index in [0.717, 1.165) is 11.8 Å². The van der Waals surface area contributed by atoms with Gasteiger partial charge in [0.1, 0.15) is 0 Å². The van der Waals surface area contributed by atoms with E-state index in [1.54, 1.807) is 0 Å². The van der Waals surface area contributed by atoms with Gasteiger partial charge in [0.25, 0.3) is 0 Å². The number of piperazine rings is 1. The van der Waals surface area contributed by atoms with Gasteiger partial charge in [0.2, 0.25) is 0 Å². The van der Waals surface area contributed by atoms with Crippen molar-refractivity contribution in [1.29, 1.82) is 0 Å². The zero-order chi connectivity index (χ0) is 13.9. The molecule has 0 radical (unpaired) electrons. The van der Waals surface area contributed by atoms with Gasteiger partial charge in [-0.15, -0.1) is 0 Å². The Balaban J connectivity index is 1.88. The third kappa shape index (κ3) is 3.95. The Morgan fingerprint density at radius 3 is 2.63 bits per heavy atom. The lowest BCUT2D eigenvalue weighted by Gasteiger charge is -2.46. The Kier molecular flexibility index (Phi) is 5.30. The van der Waals surface area contributed by atoms with Crippen LogP contribution in [0.25, 0.3) is 0 Å². The van der Waals surface area contributed by atoms with Gasteiger partial charge in [0.05, 0.1) is 0 Å². The summed E-state index contributed by atoms with van der Waals surface area (Å²) in [4.78, 5) is 2.78. The highest BCUT2D eigenvalue weighted by Crippen LogP contribution is 2.41. The SMILES string of the molecule is CCCCC(CC)CN1CC(C)(C2CC2)NCC1C. The summed E-state index contributed by atoms with van der Waals surface area (Å²) in [5.41, 5.74) is 0.398. The van der Waals surface area contributed by atoms with Crippen molar-refractivity contribution < 1.29 is 0 Å². The molecule has 1 aliphatic heterocycles. The van der Waals surface area contributed by atoms with Crippen LogP contribution in [-0.2, 0) is 0 Å². The van der Waals surface area contributed by atoms with Gasteiger partial charge in [0.15, 0.2) is 0 Å². The minimum absolute atomic E-state index is 0.398. The number of hydrogen-bond acceptors (Lipinski definition) is 2. The second-order valence-electron chi connectivity index (χ2n) is 7.27. The minimum Gasteiger partial charge on any atom is -0.308 e. The predicted molar refractivity (Wildman–Crippen MR) is 83.5 cm³/mol. The van der Waals surface area contributed by atoms with Crippen LogP contribution < -0.4 is 5.32 Å². The Bertz CT molecular complexity index is 274. The molecule has 2 rings (SSSR count). The van der Waals surface area contributed by atoms with E-state index in [-0.39, 0.29) is 0 Å². The molecule has 2 nitrogen and oxygen atoms in total. The molecule has 0 spiro atoms. The van der Waals surface area contributed by atoms with E-state index in [4.69, 9.17) is 0 Å². The quantitative estimate of drug-likeness (QED) is 0.756. The van der Waals surface area contributed by atoms with Crippen molar-refractivity contribution in [2.75, 3.05) is 19.6 Å². The van der Waals surface area contributed by atoms with Crippen LogP contribution in [0.4, 0.5) is 0 Å². The Hall–Kier alpha value is -0.0800. The summed E-state index contributed by atoms with van der Waals surface area (Å²) in [5, 5.41) is 3.83. The largest absolute Gasteiger partial charge is 0.308 e. The third-order valence-electron chi connectivity index (χ3n) is 5.47. The molecule has 0 aromatic rings. The van der Waals surface area contributed by atoms with Gasteiger partial charge in [-0.25, -0.2) is 0 Å². The van der Waals surface area contributed by atoms with Crippen molar-refractivity contribution >= 4 is 0 Å². The first-order valence-electron chi connectivity index (χ1n) is 8.58. The third-order valence-corrected chi connectivity index (χ3v) is 5.47. The Labute approximate surface area is 120 Å². The maximum atomic E-state index is 3.83. The molecule has 2 heteroatoms. The van der Waals surface area contributed by atoms with Crippen molar-refractivity contribution in [2.45, 2.75) is 77.8 Å². The van der Waals surface area contributed by atoms with Gasteiger partial charge < -0.3 is 5.32 Å². The molecular weight excluding hydrogens is 232 g/mol. The number of unbranched alkanes of at least 4 members (excludes halogenated alkanes) is 1. The summed E-state index contributed by atoms with van der Waals surface area (Å²) in [6.07, 6.45) is 8.39. The van der Waals surface area contributed by atoms with Crippen LogP contribution in [0.2, 0.25) is 0 Å². The molecule has 0 amide bonds. The van der Waals surface area contributed by atoms with Crippen LogP contribution in [0, 0.1) is 11.8 Å². The smallest absolute Gasteiger partial charge is 0.0309 e. The van der Waals surface area contributed by atoms with Crippen LogP contribution in [0.15, 0.2) is 0 Å².